The fourth-order valence-corrected chi connectivity index (χ4v) is 3.02. The molecule has 2 nitrogen and oxygen atoms in total. The molecule has 0 aliphatic rings. The van der Waals surface area contributed by atoms with Gasteiger partial charge in [-0.3, -0.25) is 0 Å². The third-order valence-corrected chi connectivity index (χ3v) is 4.32. The van der Waals surface area contributed by atoms with E-state index in [1.54, 1.807) is 12.1 Å². The van der Waals surface area contributed by atoms with Gasteiger partial charge >= 0.3 is 0 Å². The van der Waals surface area contributed by atoms with Crippen molar-refractivity contribution in [2.45, 2.75) is 17.6 Å². The van der Waals surface area contributed by atoms with E-state index in [1.165, 1.54) is 18.2 Å². The minimum absolute atomic E-state index is 0.0167. The Balaban J connectivity index is 2.30. The van der Waals surface area contributed by atoms with Gasteiger partial charge in [0.25, 0.3) is 0 Å². The Hall–Kier alpha value is -1.68. The molecule has 0 aromatic heterocycles. The molecule has 0 atom stereocenters. The molecule has 0 saturated carbocycles. The third kappa shape index (κ3) is 2.96. The van der Waals surface area contributed by atoms with Gasteiger partial charge < -0.3 is 0 Å². The third-order valence-electron chi connectivity index (χ3n) is 2.63. The lowest BCUT2D eigenvalue weighted by Crippen LogP contribution is -2.05. The smallest absolute Gasteiger partial charge is 0.182 e. The lowest BCUT2D eigenvalue weighted by Gasteiger charge is -2.05. The quantitative estimate of drug-likeness (QED) is 0.853. The summed E-state index contributed by atoms with van der Waals surface area (Å²) in [6, 6.07) is 12.3. The Bertz CT molecular complexity index is 646. The van der Waals surface area contributed by atoms with Crippen LogP contribution in [0.5, 0.6) is 0 Å². The van der Waals surface area contributed by atoms with Crippen molar-refractivity contribution in [1.82, 2.24) is 0 Å². The molecule has 18 heavy (non-hydrogen) atoms. The average molecular weight is 264 g/mol. The van der Waals surface area contributed by atoms with Gasteiger partial charge in [-0.1, -0.05) is 35.9 Å². The maximum absolute atomic E-state index is 13.0. The highest BCUT2D eigenvalue weighted by Crippen LogP contribution is 2.17. The zero-order valence-corrected chi connectivity index (χ0v) is 10.7. The second-order valence-corrected chi connectivity index (χ2v) is 6.19. The van der Waals surface area contributed by atoms with Crippen LogP contribution in [-0.2, 0) is 15.6 Å². The molecule has 0 unspecified atom stereocenters. The van der Waals surface area contributed by atoms with Crippen LogP contribution < -0.4 is 0 Å². The first kappa shape index (κ1) is 12.8. The molecule has 0 aliphatic carbocycles. The molecule has 0 fully saturated rings. The van der Waals surface area contributed by atoms with Crippen molar-refractivity contribution in [2.75, 3.05) is 0 Å². The molecular weight excluding hydrogens is 251 g/mol. The fourth-order valence-electron chi connectivity index (χ4n) is 1.65. The molecule has 0 aliphatic heterocycles. The minimum Gasteiger partial charge on any atom is -0.223 e. The normalized spacial score (nSPS) is 11.4. The van der Waals surface area contributed by atoms with Crippen LogP contribution in [0.15, 0.2) is 53.4 Å². The van der Waals surface area contributed by atoms with E-state index >= 15 is 0 Å². The van der Waals surface area contributed by atoms with E-state index in [0.717, 1.165) is 11.6 Å². The van der Waals surface area contributed by atoms with Gasteiger partial charge in [-0.15, -0.1) is 0 Å². The van der Waals surface area contributed by atoms with Gasteiger partial charge in [0.15, 0.2) is 9.84 Å². The Kier molecular flexibility index (Phi) is 3.48. The maximum atomic E-state index is 13.0. The zero-order chi connectivity index (χ0) is 13.2. The lowest BCUT2D eigenvalue weighted by molar-refractivity contribution is 0.590. The molecule has 0 amide bonds. The Morgan fingerprint density at radius 2 is 1.72 bits per heavy atom. The van der Waals surface area contributed by atoms with Gasteiger partial charge in [-0.25, -0.2) is 12.8 Å². The van der Waals surface area contributed by atoms with Crippen LogP contribution in [-0.4, -0.2) is 8.42 Å². The SMILES string of the molecule is Cc1ccc(CS(=O)(=O)c2cccc(F)c2)cc1. The summed E-state index contributed by atoms with van der Waals surface area (Å²) in [4.78, 5) is 0.0167. The minimum atomic E-state index is -3.49. The highest BCUT2D eigenvalue weighted by Gasteiger charge is 2.15. The molecule has 2 aromatic rings. The summed E-state index contributed by atoms with van der Waals surface area (Å²) >= 11 is 0. The van der Waals surface area contributed by atoms with E-state index in [0.29, 0.717) is 5.56 Å². The molecule has 4 heteroatoms. The molecule has 0 bridgehead atoms. The topological polar surface area (TPSA) is 34.1 Å². The van der Waals surface area contributed by atoms with E-state index in [9.17, 15) is 12.8 Å². The van der Waals surface area contributed by atoms with Crippen molar-refractivity contribution in [2.24, 2.45) is 0 Å². The standard InChI is InChI=1S/C14H13FO2S/c1-11-5-7-12(8-6-11)10-18(16,17)14-4-2-3-13(15)9-14/h2-9H,10H2,1H3. The summed E-state index contributed by atoms with van der Waals surface area (Å²) in [5.41, 5.74) is 1.77. The van der Waals surface area contributed by atoms with E-state index in [-0.39, 0.29) is 10.6 Å². The van der Waals surface area contributed by atoms with Crippen LogP contribution >= 0.6 is 0 Å². The Labute approximate surface area is 106 Å². The van der Waals surface area contributed by atoms with Gasteiger partial charge in [-0.2, -0.15) is 0 Å². The Morgan fingerprint density at radius 3 is 2.33 bits per heavy atom. The van der Waals surface area contributed by atoms with Gasteiger partial charge in [0.05, 0.1) is 10.6 Å². The van der Waals surface area contributed by atoms with Crippen molar-refractivity contribution in [3.05, 3.63) is 65.5 Å². The van der Waals surface area contributed by atoms with Gasteiger partial charge in [0, 0.05) is 0 Å². The highest BCUT2D eigenvalue weighted by molar-refractivity contribution is 7.90. The predicted molar refractivity (Wildman–Crippen MR) is 68.5 cm³/mol. The van der Waals surface area contributed by atoms with Crippen LogP contribution in [0.2, 0.25) is 0 Å². The van der Waals surface area contributed by atoms with Crippen LogP contribution in [0.4, 0.5) is 4.39 Å². The summed E-state index contributed by atoms with van der Waals surface area (Å²) in [6.07, 6.45) is 0. The molecule has 2 aromatic carbocycles. The van der Waals surface area contributed by atoms with E-state index in [2.05, 4.69) is 0 Å². The van der Waals surface area contributed by atoms with Crippen molar-refractivity contribution in [1.29, 1.82) is 0 Å². The van der Waals surface area contributed by atoms with Crippen LogP contribution in [0.25, 0.3) is 0 Å². The number of hydrogen-bond donors (Lipinski definition) is 0. The zero-order valence-electron chi connectivity index (χ0n) is 9.93. The number of benzene rings is 2. The highest BCUT2D eigenvalue weighted by atomic mass is 32.2. The first-order valence-electron chi connectivity index (χ1n) is 5.51. The van der Waals surface area contributed by atoms with Crippen molar-refractivity contribution < 1.29 is 12.8 Å². The first-order valence-corrected chi connectivity index (χ1v) is 7.16. The number of halogens is 1. The van der Waals surface area contributed by atoms with Crippen molar-refractivity contribution in [3.63, 3.8) is 0 Å². The maximum Gasteiger partial charge on any atom is 0.182 e. The molecule has 94 valence electrons. The Morgan fingerprint density at radius 1 is 1.06 bits per heavy atom. The summed E-state index contributed by atoms with van der Waals surface area (Å²) in [5.74, 6) is -0.656. The van der Waals surface area contributed by atoms with Crippen molar-refractivity contribution in [3.8, 4) is 0 Å². The fraction of sp³-hybridized carbons (Fsp3) is 0.143. The van der Waals surface area contributed by atoms with Crippen molar-refractivity contribution >= 4 is 9.84 Å². The second kappa shape index (κ2) is 4.90. The van der Waals surface area contributed by atoms with E-state index in [1.807, 2.05) is 19.1 Å². The van der Waals surface area contributed by atoms with Gasteiger partial charge in [-0.05, 0) is 30.7 Å². The predicted octanol–water partition coefficient (Wildman–Crippen LogP) is 3.11. The molecule has 0 radical (unpaired) electrons. The largest absolute Gasteiger partial charge is 0.223 e. The van der Waals surface area contributed by atoms with Gasteiger partial charge in [0.1, 0.15) is 5.82 Å². The second-order valence-electron chi connectivity index (χ2n) is 4.20. The summed E-state index contributed by atoms with van der Waals surface area (Å²) in [6.45, 7) is 1.94. The molecule has 0 N–H and O–H groups in total. The van der Waals surface area contributed by atoms with Crippen LogP contribution in [0, 0.1) is 12.7 Å². The average Bonchev–Trinajstić information content (AvgIpc) is 2.32. The summed E-state index contributed by atoms with van der Waals surface area (Å²) in [5, 5.41) is 0. The molecule has 0 saturated heterocycles. The summed E-state index contributed by atoms with van der Waals surface area (Å²) < 4.78 is 37.2. The first-order chi connectivity index (χ1) is 8.47. The molecule has 2 rings (SSSR count). The van der Waals surface area contributed by atoms with Crippen LogP contribution in [0.1, 0.15) is 11.1 Å². The summed E-state index contributed by atoms with van der Waals surface area (Å²) in [7, 11) is -3.49. The molecule has 0 heterocycles. The monoisotopic (exact) mass is 264 g/mol. The molecular formula is C14H13FO2S. The van der Waals surface area contributed by atoms with E-state index in [4.69, 9.17) is 0 Å². The van der Waals surface area contributed by atoms with Crippen LogP contribution in [0.3, 0.4) is 0 Å². The number of aryl methyl sites for hydroxylation is 1. The molecule has 0 spiro atoms. The number of hydrogen-bond acceptors (Lipinski definition) is 2. The van der Waals surface area contributed by atoms with Gasteiger partial charge in [0.2, 0.25) is 0 Å². The lowest BCUT2D eigenvalue weighted by atomic mass is 10.2. The number of rotatable bonds is 3. The van der Waals surface area contributed by atoms with E-state index < -0.39 is 15.7 Å². The number of sulfone groups is 1.